The molecule has 2 rings (SSSR count). The highest BCUT2D eigenvalue weighted by atomic mass is 16.5. The van der Waals surface area contributed by atoms with Crippen molar-refractivity contribution in [2.75, 3.05) is 5.06 Å². The number of nitroso groups, excluding NO2 is 1. The zero-order valence-electron chi connectivity index (χ0n) is 16.5. The van der Waals surface area contributed by atoms with E-state index in [0.717, 1.165) is 21.0 Å². The van der Waals surface area contributed by atoms with Crippen molar-refractivity contribution in [3.05, 3.63) is 69.8 Å². The SMILES string of the molecule is CC(C)(C)N([O-])c1ccc(/C=C/c2ccccc2[N+](=O)C(C)(C)C)cc1. The molecule has 0 aromatic heterocycles. The Labute approximate surface area is 156 Å². The molecule has 26 heavy (non-hydrogen) atoms. The van der Waals surface area contributed by atoms with E-state index in [9.17, 15) is 10.1 Å². The van der Waals surface area contributed by atoms with Gasteiger partial charge in [0.25, 0.3) is 5.69 Å². The predicted octanol–water partition coefficient (Wildman–Crippen LogP) is 6.17. The van der Waals surface area contributed by atoms with Crippen LogP contribution < -0.4 is 5.06 Å². The van der Waals surface area contributed by atoms with E-state index >= 15 is 0 Å². The van der Waals surface area contributed by atoms with Crippen LogP contribution in [0, 0.1) is 10.1 Å². The summed E-state index contributed by atoms with van der Waals surface area (Å²) in [7, 11) is 0. The molecular weight excluding hydrogens is 324 g/mol. The Balaban J connectivity index is 2.25. The summed E-state index contributed by atoms with van der Waals surface area (Å²) in [6.07, 6.45) is 3.88. The van der Waals surface area contributed by atoms with Crippen LogP contribution in [0.25, 0.3) is 12.2 Å². The number of hydroxylamine groups is 1. The highest BCUT2D eigenvalue weighted by molar-refractivity contribution is 5.74. The van der Waals surface area contributed by atoms with Gasteiger partial charge in [0.05, 0.1) is 5.56 Å². The Morgan fingerprint density at radius 2 is 1.46 bits per heavy atom. The molecular formula is C22H28N2O2. The Bertz CT molecular complexity index is 794. The molecule has 4 heteroatoms. The van der Waals surface area contributed by atoms with Gasteiger partial charge in [-0.3, -0.25) is 0 Å². The summed E-state index contributed by atoms with van der Waals surface area (Å²) in [5.74, 6) is 0. The number of anilines is 1. The van der Waals surface area contributed by atoms with Crippen LogP contribution >= 0.6 is 0 Å². The fourth-order valence-corrected chi connectivity index (χ4v) is 2.47. The van der Waals surface area contributed by atoms with Gasteiger partial charge in [0.1, 0.15) is 0 Å². The summed E-state index contributed by atoms with van der Waals surface area (Å²) in [5.41, 5.74) is 2.14. The molecule has 0 atom stereocenters. The van der Waals surface area contributed by atoms with Gasteiger partial charge < -0.3 is 10.3 Å². The monoisotopic (exact) mass is 352 g/mol. The molecule has 0 unspecified atom stereocenters. The van der Waals surface area contributed by atoms with Crippen LogP contribution in [0.1, 0.15) is 52.7 Å². The van der Waals surface area contributed by atoms with Gasteiger partial charge >= 0.3 is 0 Å². The lowest BCUT2D eigenvalue weighted by Crippen LogP contribution is -2.36. The van der Waals surface area contributed by atoms with E-state index in [2.05, 4.69) is 0 Å². The number of rotatable bonds is 4. The summed E-state index contributed by atoms with van der Waals surface area (Å²) in [5, 5.41) is 13.2. The molecule has 0 saturated heterocycles. The fraction of sp³-hybridized carbons (Fsp3) is 0.364. The minimum absolute atomic E-state index is 0.471. The molecule has 0 amide bonds. The van der Waals surface area contributed by atoms with Crippen LogP contribution in [0.15, 0.2) is 48.5 Å². The molecule has 0 radical (unpaired) electrons. The topological polar surface area (TPSA) is 46.4 Å². The van der Waals surface area contributed by atoms with Crippen molar-refractivity contribution in [2.24, 2.45) is 0 Å². The minimum Gasteiger partial charge on any atom is -0.758 e. The van der Waals surface area contributed by atoms with Gasteiger partial charge in [-0.15, -0.1) is 0 Å². The molecule has 0 aliphatic rings. The first-order chi connectivity index (χ1) is 12.0. The summed E-state index contributed by atoms with van der Waals surface area (Å²) < 4.78 is 1.04. The number of hydrogen-bond acceptors (Lipinski definition) is 3. The van der Waals surface area contributed by atoms with E-state index in [1.165, 1.54) is 0 Å². The largest absolute Gasteiger partial charge is 0.758 e. The molecule has 0 aliphatic carbocycles. The van der Waals surface area contributed by atoms with Crippen molar-refractivity contribution >= 4 is 23.5 Å². The maximum absolute atomic E-state index is 12.6. The van der Waals surface area contributed by atoms with Gasteiger partial charge in [-0.1, -0.05) is 30.3 Å². The normalized spacial score (nSPS) is 12.4. The molecule has 2 aromatic rings. The van der Waals surface area contributed by atoms with Crippen molar-refractivity contribution in [2.45, 2.75) is 52.6 Å². The van der Waals surface area contributed by atoms with Crippen LogP contribution in [0.3, 0.4) is 0 Å². The standard InChI is InChI=1S/C22H28N2O2/c1-21(2,3)23(25)19-15-12-17(13-16-19)11-14-18-9-7-8-10-20(18)24(26)22(4,5)6/h7-16H,1-6H3/b14-11+. The van der Waals surface area contributed by atoms with E-state index in [4.69, 9.17) is 0 Å². The van der Waals surface area contributed by atoms with Gasteiger partial charge in [0.2, 0.25) is 5.54 Å². The second-order valence-electron chi connectivity index (χ2n) is 8.41. The average molecular weight is 352 g/mol. The molecule has 4 nitrogen and oxygen atoms in total. The highest BCUT2D eigenvalue weighted by Crippen LogP contribution is 2.27. The van der Waals surface area contributed by atoms with Crippen LogP contribution in [0.2, 0.25) is 0 Å². The first-order valence-electron chi connectivity index (χ1n) is 8.82. The average Bonchev–Trinajstić information content (AvgIpc) is 2.58. The minimum atomic E-state index is -0.504. The molecule has 2 aromatic carbocycles. The lowest BCUT2D eigenvalue weighted by Gasteiger charge is -2.43. The Hall–Kier alpha value is -2.46. The molecule has 0 heterocycles. The Kier molecular flexibility index (Phi) is 5.67. The fourth-order valence-electron chi connectivity index (χ4n) is 2.47. The van der Waals surface area contributed by atoms with Crippen molar-refractivity contribution in [3.63, 3.8) is 0 Å². The molecule has 0 fully saturated rings. The maximum atomic E-state index is 12.6. The molecule has 138 valence electrons. The smallest absolute Gasteiger partial charge is 0.263 e. The van der Waals surface area contributed by atoms with Crippen molar-refractivity contribution in [1.29, 1.82) is 0 Å². The van der Waals surface area contributed by atoms with E-state index in [0.29, 0.717) is 11.4 Å². The van der Waals surface area contributed by atoms with Crippen molar-refractivity contribution in [1.82, 2.24) is 0 Å². The molecule has 0 saturated carbocycles. The second-order valence-corrected chi connectivity index (χ2v) is 8.41. The number of nitrogens with zero attached hydrogens (tertiary/aromatic N) is 2. The lowest BCUT2D eigenvalue weighted by molar-refractivity contribution is -0.540. The van der Waals surface area contributed by atoms with Gasteiger partial charge in [-0.2, -0.15) is 0 Å². The van der Waals surface area contributed by atoms with Crippen molar-refractivity contribution < 1.29 is 4.76 Å². The van der Waals surface area contributed by atoms with Gasteiger partial charge in [-0.05, 0) is 50.6 Å². The number of hydrogen-bond donors (Lipinski definition) is 0. The molecule has 0 bridgehead atoms. The quantitative estimate of drug-likeness (QED) is 0.375. The predicted molar refractivity (Wildman–Crippen MR) is 110 cm³/mol. The molecule has 0 N–H and O–H groups in total. The van der Waals surface area contributed by atoms with E-state index in [1.807, 2.05) is 102 Å². The summed E-state index contributed by atoms with van der Waals surface area (Å²) in [4.78, 5) is 12.6. The number of para-hydroxylation sites is 1. The molecule has 0 spiro atoms. The first kappa shape index (κ1) is 19.9. The van der Waals surface area contributed by atoms with Crippen LogP contribution in [0.5, 0.6) is 0 Å². The van der Waals surface area contributed by atoms with E-state index < -0.39 is 11.1 Å². The van der Waals surface area contributed by atoms with Crippen LogP contribution in [0.4, 0.5) is 11.4 Å². The lowest BCUT2D eigenvalue weighted by atomic mass is 10.0. The van der Waals surface area contributed by atoms with Crippen molar-refractivity contribution in [3.8, 4) is 0 Å². The Morgan fingerprint density at radius 3 is 2.00 bits per heavy atom. The van der Waals surface area contributed by atoms with Gasteiger partial charge in [-0.25, -0.2) is 0 Å². The third kappa shape index (κ3) is 4.79. The third-order valence-corrected chi connectivity index (χ3v) is 3.96. The Morgan fingerprint density at radius 1 is 0.885 bits per heavy atom. The maximum Gasteiger partial charge on any atom is 0.263 e. The summed E-state index contributed by atoms with van der Waals surface area (Å²) in [6.45, 7) is 11.3. The first-order valence-corrected chi connectivity index (χ1v) is 8.82. The second kappa shape index (κ2) is 7.42. The number of benzene rings is 2. The van der Waals surface area contributed by atoms with E-state index in [-0.39, 0.29) is 0 Å². The third-order valence-electron chi connectivity index (χ3n) is 3.96. The highest BCUT2D eigenvalue weighted by Gasteiger charge is 2.32. The van der Waals surface area contributed by atoms with Gasteiger partial charge in [0, 0.05) is 47.7 Å². The van der Waals surface area contributed by atoms with Gasteiger partial charge in [0.15, 0.2) is 0 Å². The van der Waals surface area contributed by atoms with E-state index in [1.54, 1.807) is 0 Å². The van der Waals surface area contributed by atoms with Crippen LogP contribution in [-0.4, -0.2) is 15.8 Å². The van der Waals surface area contributed by atoms with Crippen LogP contribution in [-0.2, 0) is 0 Å². The molecule has 0 aliphatic heterocycles. The summed E-state index contributed by atoms with van der Waals surface area (Å²) >= 11 is 0. The zero-order chi connectivity index (χ0) is 19.5. The summed E-state index contributed by atoms with van der Waals surface area (Å²) in [6, 6.07) is 15.0. The zero-order valence-corrected chi connectivity index (χ0v) is 16.5.